The number of sulfone groups is 1. The number of benzene rings is 1. The first-order chi connectivity index (χ1) is 14.9. The van der Waals surface area contributed by atoms with Crippen LogP contribution in [0.25, 0.3) is 0 Å². The molecule has 1 aromatic carbocycles. The van der Waals surface area contributed by atoms with Gasteiger partial charge in [-0.2, -0.15) is 0 Å². The molecule has 1 heterocycles. The molecule has 0 radical (unpaired) electrons. The van der Waals surface area contributed by atoms with E-state index in [1.165, 1.54) is 0 Å². The van der Waals surface area contributed by atoms with Gasteiger partial charge in [0.25, 0.3) is 0 Å². The molecular weight excluding hydrogens is 424 g/mol. The average molecular weight is 463 g/mol. The van der Waals surface area contributed by atoms with E-state index in [0.717, 1.165) is 16.8 Å². The Morgan fingerprint density at radius 3 is 2.38 bits per heavy atom. The monoisotopic (exact) mass is 462 g/mol. The molecule has 0 aliphatic carbocycles. The zero-order valence-electron chi connectivity index (χ0n) is 20.4. The maximum atomic E-state index is 13.3. The SMILES string of the molecule is Cc1cccc(CS(=O)(=O)c2ncc(CN(CC(C)C)C(=O)NC(C)C)n2CC(C)C)c1. The predicted molar refractivity (Wildman–Crippen MR) is 128 cm³/mol. The summed E-state index contributed by atoms with van der Waals surface area (Å²) in [6, 6.07) is 7.37. The number of carbonyl (C=O) groups excluding carboxylic acids is 1. The summed E-state index contributed by atoms with van der Waals surface area (Å²) in [5.74, 6) is 0.394. The lowest BCUT2D eigenvalue weighted by molar-refractivity contribution is 0.183. The Hall–Kier alpha value is -2.35. The van der Waals surface area contributed by atoms with E-state index in [-0.39, 0.29) is 34.8 Å². The normalized spacial score (nSPS) is 12.1. The van der Waals surface area contributed by atoms with E-state index < -0.39 is 9.84 Å². The minimum Gasteiger partial charge on any atom is -0.336 e. The van der Waals surface area contributed by atoms with Crippen molar-refractivity contribution in [1.82, 2.24) is 19.8 Å². The van der Waals surface area contributed by atoms with Crippen LogP contribution in [0.15, 0.2) is 35.6 Å². The van der Waals surface area contributed by atoms with Gasteiger partial charge in [-0.05, 0) is 38.2 Å². The summed E-state index contributed by atoms with van der Waals surface area (Å²) in [6.45, 7) is 15.4. The summed E-state index contributed by atoms with van der Waals surface area (Å²) < 4.78 is 28.4. The maximum Gasteiger partial charge on any atom is 0.317 e. The first kappa shape index (κ1) is 25.9. The lowest BCUT2D eigenvalue weighted by atomic mass is 10.2. The van der Waals surface area contributed by atoms with E-state index in [9.17, 15) is 13.2 Å². The van der Waals surface area contributed by atoms with Crippen LogP contribution in [0.4, 0.5) is 4.79 Å². The molecule has 0 unspecified atom stereocenters. The lowest BCUT2D eigenvalue weighted by Crippen LogP contribution is -2.44. The molecule has 1 N–H and O–H groups in total. The first-order valence-corrected chi connectivity index (χ1v) is 12.9. The van der Waals surface area contributed by atoms with Gasteiger partial charge in [-0.15, -0.1) is 0 Å². The Labute approximate surface area is 193 Å². The van der Waals surface area contributed by atoms with Crippen LogP contribution in [0.2, 0.25) is 0 Å². The summed E-state index contributed by atoms with van der Waals surface area (Å²) in [7, 11) is -3.65. The number of hydrogen-bond donors (Lipinski definition) is 1. The molecule has 0 saturated carbocycles. The third kappa shape index (κ3) is 7.36. The van der Waals surface area contributed by atoms with Gasteiger partial charge in [0.15, 0.2) is 0 Å². The number of carbonyl (C=O) groups is 1. The summed E-state index contributed by atoms with van der Waals surface area (Å²) in [5.41, 5.74) is 2.48. The summed E-state index contributed by atoms with van der Waals surface area (Å²) in [6.07, 6.45) is 1.60. The fourth-order valence-electron chi connectivity index (χ4n) is 3.61. The number of hydrogen-bond acceptors (Lipinski definition) is 4. The van der Waals surface area contributed by atoms with Gasteiger partial charge in [0.1, 0.15) is 0 Å². The zero-order chi connectivity index (χ0) is 24.1. The molecule has 0 bridgehead atoms. The van der Waals surface area contributed by atoms with Gasteiger partial charge in [-0.25, -0.2) is 18.2 Å². The molecule has 0 aliphatic rings. The molecule has 0 saturated heterocycles. The van der Waals surface area contributed by atoms with Gasteiger partial charge in [0, 0.05) is 19.1 Å². The topological polar surface area (TPSA) is 84.3 Å². The third-order valence-corrected chi connectivity index (χ3v) is 6.40. The maximum absolute atomic E-state index is 13.3. The summed E-state index contributed by atoms with van der Waals surface area (Å²) >= 11 is 0. The van der Waals surface area contributed by atoms with Gasteiger partial charge in [-0.3, -0.25) is 0 Å². The van der Waals surface area contributed by atoms with Crippen molar-refractivity contribution < 1.29 is 13.2 Å². The molecule has 0 fully saturated rings. The second kappa shape index (κ2) is 11.0. The van der Waals surface area contributed by atoms with Gasteiger partial charge in [-0.1, -0.05) is 57.5 Å². The summed E-state index contributed by atoms with van der Waals surface area (Å²) in [5, 5.41) is 3.01. The number of aromatic nitrogens is 2. The largest absolute Gasteiger partial charge is 0.336 e. The van der Waals surface area contributed by atoms with Crippen LogP contribution in [0.1, 0.15) is 58.4 Å². The second-order valence-corrected chi connectivity index (χ2v) is 11.5. The Morgan fingerprint density at radius 1 is 1.12 bits per heavy atom. The quantitative estimate of drug-likeness (QED) is 0.567. The average Bonchev–Trinajstić information content (AvgIpc) is 3.02. The Kier molecular flexibility index (Phi) is 8.89. The second-order valence-electron chi connectivity index (χ2n) is 9.66. The van der Waals surface area contributed by atoms with Crippen LogP contribution >= 0.6 is 0 Å². The van der Waals surface area contributed by atoms with Crippen LogP contribution in [-0.4, -0.2) is 41.5 Å². The van der Waals surface area contributed by atoms with Crippen LogP contribution in [-0.2, 0) is 28.7 Å². The van der Waals surface area contributed by atoms with Crippen LogP contribution < -0.4 is 5.32 Å². The molecule has 32 heavy (non-hydrogen) atoms. The number of aryl methyl sites for hydroxylation is 1. The molecule has 2 aromatic rings. The van der Waals surface area contributed by atoms with Crippen LogP contribution in [0, 0.1) is 18.8 Å². The zero-order valence-corrected chi connectivity index (χ0v) is 21.2. The van der Waals surface area contributed by atoms with Crippen molar-refractivity contribution in [1.29, 1.82) is 0 Å². The molecule has 2 rings (SSSR count). The van der Waals surface area contributed by atoms with Gasteiger partial charge >= 0.3 is 6.03 Å². The highest BCUT2D eigenvalue weighted by Gasteiger charge is 2.26. The standard InChI is InChI=1S/C24H38N4O3S/c1-17(2)13-27(23(29)26-19(5)6)15-22-12-25-24(28(22)14-18(3)4)32(30,31)16-21-10-8-9-20(7)11-21/h8-12,17-19H,13-16H2,1-7H3,(H,26,29). The van der Waals surface area contributed by atoms with Gasteiger partial charge in [0.05, 0.1) is 24.2 Å². The van der Waals surface area contributed by atoms with Crippen molar-refractivity contribution in [3.05, 3.63) is 47.3 Å². The fraction of sp³-hybridized carbons (Fsp3) is 0.583. The minimum atomic E-state index is -3.65. The Bertz CT molecular complexity index is 1010. The van der Waals surface area contributed by atoms with E-state index in [0.29, 0.717) is 19.6 Å². The lowest BCUT2D eigenvalue weighted by Gasteiger charge is -2.27. The van der Waals surface area contributed by atoms with Crippen molar-refractivity contribution in [2.75, 3.05) is 6.54 Å². The molecular formula is C24H38N4O3S. The predicted octanol–water partition coefficient (Wildman–Crippen LogP) is 4.40. The number of amides is 2. The fourth-order valence-corrected chi connectivity index (χ4v) is 5.09. The third-order valence-electron chi connectivity index (χ3n) is 4.80. The van der Waals surface area contributed by atoms with Crippen LogP contribution in [0.3, 0.4) is 0 Å². The van der Waals surface area contributed by atoms with Crippen molar-refractivity contribution in [2.45, 2.75) is 78.5 Å². The molecule has 0 spiro atoms. The first-order valence-electron chi connectivity index (χ1n) is 11.3. The number of urea groups is 1. The highest BCUT2D eigenvalue weighted by atomic mass is 32.2. The number of nitrogens with zero attached hydrogens (tertiary/aromatic N) is 3. The number of rotatable bonds is 10. The van der Waals surface area contributed by atoms with Crippen molar-refractivity contribution >= 4 is 15.9 Å². The van der Waals surface area contributed by atoms with E-state index >= 15 is 0 Å². The molecule has 178 valence electrons. The van der Waals surface area contributed by atoms with Crippen molar-refractivity contribution in [3.8, 4) is 0 Å². The summed E-state index contributed by atoms with van der Waals surface area (Å²) in [4.78, 5) is 18.8. The Morgan fingerprint density at radius 2 is 1.81 bits per heavy atom. The highest BCUT2D eigenvalue weighted by Crippen LogP contribution is 2.21. The molecule has 0 aliphatic heterocycles. The number of nitrogens with one attached hydrogen (secondary N) is 1. The molecule has 2 amide bonds. The van der Waals surface area contributed by atoms with E-state index in [1.807, 2.05) is 58.9 Å². The Balaban J connectivity index is 2.40. The number of imidazole rings is 1. The molecule has 8 heteroatoms. The van der Waals surface area contributed by atoms with Crippen molar-refractivity contribution in [3.63, 3.8) is 0 Å². The highest BCUT2D eigenvalue weighted by molar-refractivity contribution is 7.90. The van der Waals surface area contributed by atoms with Crippen LogP contribution in [0.5, 0.6) is 0 Å². The molecule has 0 atom stereocenters. The minimum absolute atomic E-state index is 0.0167. The van der Waals surface area contributed by atoms with E-state index in [1.54, 1.807) is 15.7 Å². The smallest absolute Gasteiger partial charge is 0.317 e. The van der Waals surface area contributed by atoms with Crippen molar-refractivity contribution in [2.24, 2.45) is 11.8 Å². The van der Waals surface area contributed by atoms with Gasteiger partial charge < -0.3 is 14.8 Å². The molecule has 1 aromatic heterocycles. The van der Waals surface area contributed by atoms with Gasteiger partial charge in [0.2, 0.25) is 15.0 Å². The molecule has 7 nitrogen and oxygen atoms in total. The van der Waals surface area contributed by atoms with E-state index in [2.05, 4.69) is 24.1 Å². The van der Waals surface area contributed by atoms with E-state index in [4.69, 9.17) is 0 Å².